The van der Waals surface area contributed by atoms with Gasteiger partial charge in [-0.15, -0.1) is 0 Å². The quantitative estimate of drug-likeness (QED) is 0.579. The van der Waals surface area contributed by atoms with Gasteiger partial charge in [0.1, 0.15) is 17.7 Å². The minimum atomic E-state index is -0.576. The molecule has 1 heterocycles. The van der Waals surface area contributed by atoms with Gasteiger partial charge in [-0.05, 0) is 54.7 Å². The Kier molecular flexibility index (Phi) is 7.25. The van der Waals surface area contributed by atoms with Gasteiger partial charge in [0.25, 0.3) is 0 Å². The first-order valence-corrected chi connectivity index (χ1v) is 9.87. The SMILES string of the molecule is CNC(=O)C(N[C@@H](CCc1ccc(F)cn1)c1ccc(F)c(C)c1)c1ccccc1. The van der Waals surface area contributed by atoms with Crippen LogP contribution in [0.5, 0.6) is 0 Å². The average molecular weight is 409 g/mol. The lowest BCUT2D eigenvalue weighted by atomic mass is 9.96. The summed E-state index contributed by atoms with van der Waals surface area (Å²) in [4.78, 5) is 16.7. The highest BCUT2D eigenvalue weighted by atomic mass is 19.1. The maximum absolute atomic E-state index is 13.8. The summed E-state index contributed by atoms with van der Waals surface area (Å²) in [5.74, 6) is -0.820. The summed E-state index contributed by atoms with van der Waals surface area (Å²) < 4.78 is 27.0. The van der Waals surface area contributed by atoms with Gasteiger partial charge in [-0.2, -0.15) is 0 Å². The van der Waals surface area contributed by atoms with E-state index in [4.69, 9.17) is 0 Å². The Bertz CT molecular complexity index is 978. The number of nitrogens with one attached hydrogen (secondary N) is 2. The number of hydrogen-bond donors (Lipinski definition) is 2. The zero-order valence-corrected chi connectivity index (χ0v) is 17.0. The van der Waals surface area contributed by atoms with E-state index in [2.05, 4.69) is 15.6 Å². The van der Waals surface area contributed by atoms with Crippen LogP contribution in [0.4, 0.5) is 8.78 Å². The molecule has 0 fully saturated rings. The van der Waals surface area contributed by atoms with Gasteiger partial charge in [-0.3, -0.25) is 15.1 Å². The van der Waals surface area contributed by atoms with E-state index in [-0.39, 0.29) is 23.6 Å². The van der Waals surface area contributed by atoms with Crippen LogP contribution in [0.2, 0.25) is 0 Å². The van der Waals surface area contributed by atoms with Gasteiger partial charge in [0.15, 0.2) is 0 Å². The molecule has 0 aliphatic rings. The second kappa shape index (κ2) is 10.1. The van der Waals surface area contributed by atoms with Gasteiger partial charge in [0.05, 0.1) is 6.20 Å². The van der Waals surface area contributed by atoms with E-state index >= 15 is 0 Å². The number of hydrogen-bond acceptors (Lipinski definition) is 3. The molecule has 2 N–H and O–H groups in total. The summed E-state index contributed by atoms with van der Waals surface area (Å²) in [6.07, 6.45) is 2.37. The Hall–Kier alpha value is -3.12. The highest BCUT2D eigenvalue weighted by Crippen LogP contribution is 2.26. The van der Waals surface area contributed by atoms with E-state index in [1.54, 1.807) is 32.2 Å². The van der Waals surface area contributed by atoms with Crippen molar-refractivity contribution in [1.82, 2.24) is 15.6 Å². The summed E-state index contributed by atoms with van der Waals surface area (Å²) in [5.41, 5.74) is 3.00. The minimum Gasteiger partial charge on any atom is -0.358 e. The maximum atomic E-state index is 13.8. The van der Waals surface area contributed by atoms with Crippen molar-refractivity contribution >= 4 is 5.91 Å². The van der Waals surface area contributed by atoms with Gasteiger partial charge < -0.3 is 5.32 Å². The van der Waals surface area contributed by atoms with Crippen LogP contribution in [0.3, 0.4) is 0 Å². The number of aromatic nitrogens is 1. The van der Waals surface area contributed by atoms with Crippen LogP contribution in [0.15, 0.2) is 66.9 Å². The highest BCUT2D eigenvalue weighted by molar-refractivity contribution is 5.83. The molecule has 0 spiro atoms. The molecule has 0 aliphatic heterocycles. The fourth-order valence-electron chi connectivity index (χ4n) is 3.39. The lowest BCUT2D eigenvalue weighted by molar-refractivity contribution is -0.123. The van der Waals surface area contributed by atoms with Crippen molar-refractivity contribution in [3.05, 3.63) is 101 Å². The second-order valence-corrected chi connectivity index (χ2v) is 7.19. The lowest BCUT2D eigenvalue weighted by Crippen LogP contribution is -2.38. The Balaban J connectivity index is 1.89. The molecule has 3 aromatic rings. The van der Waals surface area contributed by atoms with Crippen LogP contribution >= 0.6 is 0 Å². The lowest BCUT2D eigenvalue weighted by Gasteiger charge is -2.26. The number of aryl methyl sites for hydroxylation is 2. The highest BCUT2D eigenvalue weighted by Gasteiger charge is 2.24. The number of carbonyl (C=O) groups is 1. The second-order valence-electron chi connectivity index (χ2n) is 7.19. The number of benzene rings is 2. The monoisotopic (exact) mass is 409 g/mol. The predicted molar refractivity (Wildman–Crippen MR) is 113 cm³/mol. The van der Waals surface area contributed by atoms with Crippen LogP contribution in [-0.2, 0) is 11.2 Å². The Morgan fingerprint density at radius 2 is 1.80 bits per heavy atom. The molecule has 0 bridgehead atoms. The molecule has 1 amide bonds. The summed E-state index contributed by atoms with van der Waals surface area (Å²) in [6, 6.07) is 16.6. The van der Waals surface area contributed by atoms with Crippen molar-refractivity contribution < 1.29 is 13.6 Å². The minimum absolute atomic E-state index is 0.162. The number of likely N-dealkylation sites (N-methyl/N-ethyl adjacent to an activating group) is 1. The van der Waals surface area contributed by atoms with Crippen molar-refractivity contribution in [3.8, 4) is 0 Å². The smallest absolute Gasteiger partial charge is 0.241 e. The van der Waals surface area contributed by atoms with E-state index in [1.807, 2.05) is 30.3 Å². The van der Waals surface area contributed by atoms with Gasteiger partial charge in [0, 0.05) is 18.8 Å². The molecule has 0 saturated carbocycles. The van der Waals surface area contributed by atoms with Crippen LogP contribution < -0.4 is 10.6 Å². The van der Waals surface area contributed by atoms with E-state index in [1.165, 1.54) is 18.3 Å². The van der Waals surface area contributed by atoms with Crippen LogP contribution in [0.1, 0.15) is 40.9 Å². The first kappa shape index (κ1) is 21.6. The molecule has 2 atom stereocenters. The molecule has 0 radical (unpaired) electrons. The number of amides is 1. The largest absolute Gasteiger partial charge is 0.358 e. The van der Waals surface area contributed by atoms with E-state index < -0.39 is 6.04 Å². The van der Waals surface area contributed by atoms with Crippen LogP contribution in [-0.4, -0.2) is 17.9 Å². The number of halogens is 2. The van der Waals surface area contributed by atoms with Crippen molar-refractivity contribution in [2.45, 2.75) is 31.8 Å². The molecule has 2 aromatic carbocycles. The number of rotatable bonds is 8. The average Bonchev–Trinajstić information content (AvgIpc) is 2.77. The van der Waals surface area contributed by atoms with Crippen LogP contribution in [0.25, 0.3) is 0 Å². The molecule has 0 saturated heterocycles. The number of nitrogens with zero attached hydrogens (tertiary/aromatic N) is 1. The fraction of sp³-hybridized carbons (Fsp3) is 0.250. The summed E-state index contributed by atoms with van der Waals surface area (Å²) in [7, 11) is 1.60. The normalized spacial score (nSPS) is 12.9. The van der Waals surface area contributed by atoms with E-state index in [9.17, 15) is 13.6 Å². The molecule has 30 heavy (non-hydrogen) atoms. The molecule has 6 heteroatoms. The molecule has 1 aromatic heterocycles. The van der Waals surface area contributed by atoms with Crippen molar-refractivity contribution in [2.75, 3.05) is 7.05 Å². The zero-order chi connectivity index (χ0) is 21.5. The van der Waals surface area contributed by atoms with Gasteiger partial charge in [0.2, 0.25) is 5.91 Å². The summed E-state index contributed by atoms with van der Waals surface area (Å²) in [5, 5.41) is 6.13. The molecule has 4 nitrogen and oxygen atoms in total. The molecular weight excluding hydrogens is 384 g/mol. The third-order valence-corrected chi connectivity index (χ3v) is 5.07. The Morgan fingerprint density at radius 3 is 2.43 bits per heavy atom. The number of pyridine rings is 1. The Labute approximate surface area is 175 Å². The van der Waals surface area contributed by atoms with Crippen molar-refractivity contribution in [3.63, 3.8) is 0 Å². The fourth-order valence-corrected chi connectivity index (χ4v) is 3.39. The molecular formula is C24H25F2N3O. The first-order valence-electron chi connectivity index (χ1n) is 9.87. The summed E-state index contributed by atoms with van der Waals surface area (Å²) in [6.45, 7) is 1.71. The Morgan fingerprint density at radius 1 is 1.03 bits per heavy atom. The summed E-state index contributed by atoms with van der Waals surface area (Å²) >= 11 is 0. The molecule has 156 valence electrons. The standard InChI is InChI=1S/C24H25F2N3O/c1-16-14-18(8-12-21(16)26)22(13-11-20-10-9-19(25)15-28-20)29-23(24(30)27-2)17-6-4-3-5-7-17/h3-10,12,14-15,22-23,29H,11,13H2,1-2H3,(H,27,30)/t22-,23?/m0/s1. The zero-order valence-electron chi connectivity index (χ0n) is 17.0. The third-order valence-electron chi connectivity index (χ3n) is 5.07. The third kappa shape index (κ3) is 5.48. The van der Waals surface area contributed by atoms with Gasteiger partial charge in [-0.1, -0.05) is 42.5 Å². The van der Waals surface area contributed by atoms with E-state index in [0.717, 1.165) is 16.8 Å². The first-order chi connectivity index (χ1) is 14.5. The van der Waals surface area contributed by atoms with Crippen LogP contribution in [0, 0.1) is 18.6 Å². The molecule has 0 aliphatic carbocycles. The molecule has 1 unspecified atom stereocenters. The van der Waals surface area contributed by atoms with E-state index in [0.29, 0.717) is 18.4 Å². The van der Waals surface area contributed by atoms with Crippen molar-refractivity contribution in [2.24, 2.45) is 0 Å². The van der Waals surface area contributed by atoms with Gasteiger partial charge in [-0.25, -0.2) is 8.78 Å². The maximum Gasteiger partial charge on any atom is 0.241 e. The predicted octanol–water partition coefficient (Wildman–Crippen LogP) is 4.42. The molecule has 3 rings (SSSR count). The topological polar surface area (TPSA) is 54.0 Å². The number of carbonyl (C=O) groups excluding carboxylic acids is 1. The van der Waals surface area contributed by atoms with Gasteiger partial charge >= 0.3 is 0 Å². The van der Waals surface area contributed by atoms with Crippen molar-refractivity contribution in [1.29, 1.82) is 0 Å².